The van der Waals surface area contributed by atoms with Crippen LogP contribution in [-0.2, 0) is 4.74 Å². The third kappa shape index (κ3) is 4.22. The monoisotopic (exact) mass is 357 g/mol. The third-order valence-electron chi connectivity index (χ3n) is 2.57. The van der Waals surface area contributed by atoms with Gasteiger partial charge < -0.3 is 14.2 Å². The summed E-state index contributed by atoms with van der Waals surface area (Å²) in [4.78, 5) is 10.8. The first-order chi connectivity index (χ1) is 10.1. The average Bonchev–Trinajstić information content (AvgIpc) is 2.45. The Morgan fingerprint density at radius 1 is 1.38 bits per heavy atom. The van der Waals surface area contributed by atoms with Crippen LogP contribution >= 0.6 is 15.9 Å². The van der Waals surface area contributed by atoms with E-state index in [2.05, 4.69) is 15.9 Å². The summed E-state index contributed by atoms with van der Waals surface area (Å²) in [6.45, 7) is 2.28. The molecular weight excluding hydrogens is 342 g/mol. The van der Waals surface area contributed by atoms with Crippen LogP contribution in [-0.4, -0.2) is 25.7 Å². The van der Waals surface area contributed by atoms with Crippen molar-refractivity contribution in [3.63, 3.8) is 0 Å². The van der Waals surface area contributed by atoms with Crippen LogP contribution in [0.5, 0.6) is 11.5 Å². The van der Waals surface area contributed by atoms with Crippen molar-refractivity contribution in [1.29, 1.82) is 0 Å². The summed E-state index contributed by atoms with van der Waals surface area (Å²) in [6, 6.07) is 1.53. The van der Waals surface area contributed by atoms with Crippen LogP contribution in [0.25, 0.3) is 6.08 Å². The van der Waals surface area contributed by atoms with Gasteiger partial charge in [-0.3, -0.25) is 10.1 Å². The summed E-state index contributed by atoms with van der Waals surface area (Å²) in [6.07, 6.45) is 6.58. The van der Waals surface area contributed by atoms with Gasteiger partial charge in [0.15, 0.2) is 11.5 Å². The van der Waals surface area contributed by atoms with E-state index in [4.69, 9.17) is 14.2 Å². The Balaban J connectivity index is 3.23. The number of halogens is 1. The van der Waals surface area contributed by atoms with Crippen LogP contribution < -0.4 is 9.47 Å². The number of benzene rings is 1. The van der Waals surface area contributed by atoms with E-state index in [0.29, 0.717) is 17.9 Å². The lowest BCUT2D eigenvalue weighted by molar-refractivity contribution is -0.386. The number of allylic oxidation sites excluding steroid dienone is 1. The summed E-state index contributed by atoms with van der Waals surface area (Å²) in [5, 5.41) is 11.2. The Hall–Kier alpha value is -2.02. The molecule has 0 heterocycles. The van der Waals surface area contributed by atoms with Crippen LogP contribution in [0.1, 0.15) is 12.5 Å². The molecule has 1 rings (SSSR count). The molecule has 114 valence electrons. The lowest BCUT2D eigenvalue weighted by Crippen LogP contribution is -1.99. The highest BCUT2D eigenvalue weighted by Gasteiger charge is 2.25. The van der Waals surface area contributed by atoms with E-state index in [9.17, 15) is 10.1 Å². The molecular formula is C14H16BrNO5. The fraction of sp³-hybridized carbons (Fsp3) is 0.286. The van der Waals surface area contributed by atoms with E-state index in [0.717, 1.165) is 0 Å². The predicted molar refractivity (Wildman–Crippen MR) is 83.7 cm³/mol. The van der Waals surface area contributed by atoms with Crippen LogP contribution in [0.2, 0.25) is 0 Å². The first-order valence-electron chi connectivity index (χ1n) is 6.05. The smallest absolute Gasteiger partial charge is 0.294 e. The van der Waals surface area contributed by atoms with Crippen LogP contribution in [0, 0.1) is 10.1 Å². The number of nitro benzene ring substituents is 1. The maximum atomic E-state index is 11.2. The molecule has 0 saturated carbocycles. The number of methoxy groups -OCH3 is 2. The molecule has 7 heteroatoms. The standard InChI is InChI=1S/C14H16BrNO5/c1-4-5-7-21-8-6-10-9-11(19-2)14(20-3)12(15)13(10)16(17)18/h4-6,8-9H,7H2,1-3H3/b5-4+,8-6+. The van der Waals surface area contributed by atoms with Gasteiger partial charge in [0.05, 0.1) is 31.0 Å². The molecule has 21 heavy (non-hydrogen) atoms. The number of rotatable bonds is 7. The summed E-state index contributed by atoms with van der Waals surface area (Å²) in [7, 11) is 2.88. The van der Waals surface area contributed by atoms with Gasteiger partial charge in [0.2, 0.25) is 0 Å². The molecule has 0 unspecified atom stereocenters. The van der Waals surface area contributed by atoms with Crippen LogP contribution in [0.4, 0.5) is 5.69 Å². The quantitative estimate of drug-likeness (QED) is 0.243. The Bertz CT molecular complexity index is 569. The second-order valence-corrected chi connectivity index (χ2v) is 4.62. The summed E-state index contributed by atoms with van der Waals surface area (Å²) < 4.78 is 15.7. The molecule has 0 aliphatic carbocycles. The van der Waals surface area contributed by atoms with E-state index < -0.39 is 4.92 Å². The maximum absolute atomic E-state index is 11.2. The zero-order chi connectivity index (χ0) is 15.8. The van der Waals surface area contributed by atoms with Crippen molar-refractivity contribution >= 4 is 27.7 Å². The Labute approximate surface area is 131 Å². The zero-order valence-electron chi connectivity index (χ0n) is 12.0. The van der Waals surface area contributed by atoms with Crippen molar-refractivity contribution in [1.82, 2.24) is 0 Å². The molecule has 1 aromatic rings. The normalized spacial score (nSPS) is 11.0. The first-order valence-corrected chi connectivity index (χ1v) is 6.84. The van der Waals surface area contributed by atoms with Gasteiger partial charge in [0.25, 0.3) is 5.69 Å². The molecule has 0 fully saturated rings. The summed E-state index contributed by atoms with van der Waals surface area (Å²) >= 11 is 3.19. The van der Waals surface area contributed by atoms with E-state index in [-0.39, 0.29) is 15.9 Å². The lowest BCUT2D eigenvalue weighted by atomic mass is 10.1. The maximum Gasteiger partial charge on any atom is 0.294 e. The fourth-order valence-electron chi connectivity index (χ4n) is 1.60. The summed E-state index contributed by atoms with van der Waals surface area (Å²) in [5.74, 6) is 0.666. The van der Waals surface area contributed by atoms with E-state index >= 15 is 0 Å². The van der Waals surface area contributed by atoms with Gasteiger partial charge in [0, 0.05) is 0 Å². The molecule has 0 aromatic heterocycles. The lowest BCUT2D eigenvalue weighted by Gasteiger charge is -2.11. The van der Waals surface area contributed by atoms with Gasteiger partial charge in [-0.25, -0.2) is 0 Å². The molecule has 0 bridgehead atoms. The van der Waals surface area contributed by atoms with Gasteiger partial charge in [-0.15, -0.1) is 0 Å². The van der Waals surface area contributed by atoms with E-state index in [1.165, 1.54) is 32.6 Å². The van der Waals surface area contributed by atoms with Crippen molar-refractivity contribution in [3.05, 3.63) is 44.6 Å². The van der Waals surface area contributed by atoms with Gasteiger partial charge in [-0.1, -0.05) is 12.2 Å². The number of nitro groups is 1. The van der Waals surface area contributed by atoms with Gasteiger partial charge in [-0.2, -0.15) is 0 Å². The van der Waals surface area contributed by atoms with Gasteiger partial charge in [0.1, 0.15) is 11.1 Å². The highest BCUT2D eigenvalue weighted by Crippen LogP contribution is 2.44. The molecule has 0 aliphatic heterocycles. The first kappa shape index (κ1) is 17.0. The molecule has 0 N–H and O–H groups in total. The Morgan fingerprint density at radius 3 is 2.62 bits per heavy atom. The highest BCUT2D eigenvalue weighted by atomic mass is 79.9. The highest BCUT2D eigenvalue weighted by molar-refractivity contribution is 9.10. The average molecular weight is 358 g/mol. The van der Waals surface area contributed by atoms with Crippen molar-refractivity contribution in [2.45, 2.75) is 6.92 Å². The number of nitrogens with zero attached hydrogens (tertiary/aromatic N) is 1. The van der Waals surface area contributed by atoms with Gasteiger partial charge >= 0.3 is 0 Å². The van der Waals surface area contributed by atoms with Gasteiger partial charge in [-0.05, 0) is 35.0 Å². The largest absolute Gasteiger partial charge is 0.497 e. The predicted octanol–water partition coefficient (Wildman–Crippen LogP) is 3.94. The minimum Gasteiger partial charge on any atom is -0.497 e. The van der Waals surface area contributed by atoms with Crippen LogP contribution in [0.3, 0.4) is 0 Å². The third-order valence-corrected chi connectivity index (χ3v) is 3.31. The van der Waals surface area contributed by atoms with Crippen molar-refractivity contribution in [2.24, 2.45) is 0 Å². The van der Waals surface area contributed by atoms with Crippen molar-refractivity contribution in [3.8, 4) is 11.5 Å². The van der Waals surface area contributed by atoms with Crippen molar-refractivity contribution < 1.29 is 19.1 Å². The number of ether oxygens (including phenoxy) is 3. The fourth-order valence-corrected chi connectivity index (χ4v) is 2.33. The molecule has 0 radical (unpaired) electrons. The minimum atomic E-state index is -0.488. The van der Waals surface area contributed by atoms with E-state index in [1.807, 2.05) is 19.1 Å². The number of hydrogen-bond donors (Lipinski definition) is 0. The zero-order valence-corrected chi connectivity index (χ0v) is 13.5. The Morgan fingerprint density at radius 2 is 2.10 bits per heavy atom. The number of hydrogen-bond acceptors (Lipinski definition) is 5. The molecule has 6 nitrogen and oxygen atoms in total. The van der Waals surface area contributed by atoms with E-state index in [1.54, 1.807) is 0 Å². The molecule has 0 atom stereocenters. The second kappa shape index (κ2) is 8.31. The minimum absolute atomic E-state index is 0.112. The van der Waals surface area contributed by atoms with Crippen LogP contribution in [0.15, 0.2) is 29.0 Å². The molecule has 0 amide bonds. The molecule has 1 aromatic carbocycles. The molecule has 0 spiro atoms. The molecule has 0 saturated heterocycles. The Kier molecular flexibility index (Phi) is 6.74. The summed E-state index contributed by atoms with van der Waals surface area (Å²) in [5.41, 5.74) is 0.239. The second-order valence-electron chi connectivity index (χ2n) is 3.83. The molecule has 0 aliphatic rings. The SMILES string of the molecule is C/C=C/CO/C=C/c1cc(OC)c(OC)c(Br)c1[N+](=O)[O-]. The van der Waals surface area contributed by atoms with Crippen molar-refractivity contribution in [2.75, 3.05) is 20.8 Å². The topological polar surface area (TPSA) is 70.8 Å².